The number of hydrogen-bond acceptors (Lipinski definition) is 2. The molecule has 112 valence electrons. The van der Waals surface area contributed by atoms with Gasteiger partial charge in [0, 0.05) is 18.4 Å². The lowest BCUT2D eigenvalue weighted by atomic mass is 10.3. The van der Waals surface area contributed by atoms with E-state index in [1.807, 2.05) is 30.3 Å². The Kier molecular flexibility index (Phi) is 3.31. The van der Waals surface area contributed by atoms with Crippen LogP contribution in [0.1, 0.15) is 0 Å². The molecule has 3 heteroatoms. The van der Waals surface area contributed by atoms with Crippen LogP contribution in [0.5, 0.6) is 0 Å². The fourth-order valence-electron chi connectivity index (χ4n) is 2.84. The maximum atomic E-state index is 4.85. The molecule has 1 aromatic heterocycles. The van der Waals surface area contributed by atoms with Crippen LogP contribution in [-0.4, -0.2) is 16.6 Å². The zero-order valence-corrected chi connectivity index (χ0v) is 12.9. The van der Waals surface area contributed by atoms with Crippen molar-refractivity contribution in [2.45, 2.75) is 0 Å². The van der Waals surface area contributed by atoms with Crippen molar-refractivity contribution >= 4 is 22.7 Å². The van der Waals surface area contributed by atoms with E-state index in [2.05, 4.69) is 71.1 Å². The molecule has 0 bridgehead atoms. The molecule has 0 amide bonds. The predicted octanol–water partition coefficient (Wildman–Crippen LogP) is 4.79. The van der Waals surface area contributed by atoms with Gasteiger partial charge in [-0.2, -0.15) is 0 Å². The van der Waals surface area contributed by atoms with E-state index in [1.165, 1.54) is 0 Å². The zero-order chi connectivity index (χ0) is 15.6. The van der Waals surface area contributed by atoms with Gasteiger partial charge >= 0.3 is 0 Å². The fraction of sp³-hybridized carbons (Fsp3) is 0.0500. The number of hydrogen-bond donors (Lipinski definition) is 0. The number of rotatable bonds is 3. The summed E-state index contributed by atoms with van der Waals surface area (Å²) in [7, 11) is 2.05. The van der Waals surface area contributed by atoms with Crippen molar-refractivity contribution < 1.29 is 0 Å². The van der Waals surface area contributed by atoms with E-state index in [0.717, 1.165) is 28.4 Å². The van der Waals surface area contributed by atoms with Crippen molar-refractivity contribution in [2.75, 3.05) is 11.9 Å². The normalized spacial score (nSPS) is 10.8. The third kappa shape index (κ3) is 2.36. The molecule has 0 atom stereocenters. The molecule has 0 spiro atoms. The number of aromatic nitrogens is 2. The SMILES string of the molecule is CN(c1ccccc1)c1nc2ccccc2n1-c1ccccc1. The van der Waals surface area contributed by atoms with Gasteiger partial charge in [-0.25, -0.2) is 4.98 Å². The van der Waals surface area contributed by atoms with E-state index in [0.29, 0.717) is 0 Å². The summed E-state index contributed by atoms with van der Waals surface area (Å²) < 4.78 is 2.20. The van der Waals surface area contributed by atoms with Crippen molar-refractivity contribution in [3.05, 3.63) is 84.9 Å². The molecule has 3 nitrogen and oxygen atoms in total. The highest BCUT2D eigenvalue weighted by atomic mass is 15.3. The third-order valence-electron chi connectivity index (χ3n) is 4.00. The molecule has 0 aliphatic carbocycles. The molecule has 1 heterocycles. The van der Waals surface area contributed by atoms with E-state index in [9.17, 15) is 0 Å². The highest BCUT2D eigenvalue weighted by Gasteiger charge is 2.16. The lowest BCUT2D eigenvalue weighted by Gasteiger charge is -2.20. The summed E-state index contributed by atoms with van der Waals surface area (Å²) in [6, 6.07) is 28.9. The van der Waals surface area contributed by atoms with Gasteiger partial charge in [0.1, 0.15) is 0 Å². The van der Waals surface area contributed by atoms with Crippen molar-refractivity contribution in [1.29, 1.82) is 0 Å². The Morgan fingerprint density at radius 3 is 2.09 bits per heavy atom. The van der Waals surface area contributed by atoms with E-state index in [1.54, 1.807) is 0 Å². The zero-order valence-electron chi connectivity index (χ0n) is 12.9. The van der Waals surface area contributed by atoms with E-state index < -0.39 is 0 Å². The first-order valence-electron chi connectivity index (χ1n) is 7.66. The molecule has 23 heavy (non-hydrogen) atoms. The Balaban J connectivity index is 1.96. The number of para-hydroxylation sites is 4. The molecule has 0 N–H and O–H groups in total. The molecule has 0 aliphatic rings. The molecule has 4 aromatic rings. The number of nitrogens with zero attached hydrogens (tertiary/aromatic N) is 3. The van der Waals surface area contributed by atoms with Crippen LogP contribution in [0.25, 0.3) is 16.7 Å². The summed E-state index contributed by atoms with van der Waals surface area (Å²) in [5, 5.41) is 0. The summed E-state index contributed by atoms with van der Waals surface area (Å²) in [6.07, 6.45) is 0. The number of benzene rings is 3. The average molecular weight is 299 g/mol. The minimum absolute atomic E-state index is 0.906. The Hall–Kier alpha value is -3.07. The van der Waals surface area contributed by atoms with E-state index in [4.69, 9.17) is 4.98 Å². The Labute approximate surface area is 135 Å². The first-order chi connectivity index (χ1) is 11.3. The second-order valence-corrected chi connectivity index (χ2v) is 5.47. The van der Waals surface area contributed by atoms with Crippen molar-refractivity contribution in [3.63, 3.8) is 0 Å². The van der Waals surface area contributed by atoms with Gasteiger partial charge in [-0.3, -0.25) is 4.57 Å². The number of anilines is 2. The highest BCUT2D eigenvalue weighted by Crippen LogP contribution is 2.30. The second kappa shape index (κ2) is 5.61. The summed E-state index contributed by atoms with van der Waals surface area (Å²) in [5.41, 5.74) is 4.32. The maximum Gasteiger partial charge on any atom is 0.215 e. The summed E-state index contributed by atoms with van der Waals surface area (Å²) in [6.45, 7) is 0. The third-order valence-corrected chi connectivity index (χ3v) is 4.00. The van der Waals surface area contributed by atoms with Crippen molar-refractivity contribution in [2.24, 2.45) is 0 Å². The fourth-order valence-corrected chi connectivity index (χ4v) is 2.84. The Morgan fingerprint density at radius 2 is 1.35 bits per heavy atom. The van der Waals surface area contributed by atoms with Gasteiger partial charge in [-0.15, -0.1) is 0 Å². The largest absolute Gasteiger partial charge is 0.315 e. The van der Waals surface area contributed by atoms with Gasteiger partial charge < -0.3 is 4.90 Å². The molecular weight excluding hydrogens is 282 g/mol. The van der Waals surface area contributed by atoms with Crippen LogP contribution in [0.4, 0.5) is 11.6 Å². The smallest absolute Gasteiger partial charge is 0.215 e. The van der Waals surface area contributed by atoms with Crippen LogP contribution >= 0.6 is 0 Å². The van der Waals surface area contributed by atoms with Crippen molar-refractivity contribution in [3.8, 4) is 5.69 Å². The average Bonchev–Trinajstić information content (AvgIpc) is 3.02. The van der Waals surface area contributed by atoms with E-state index >= 15 is 0 Å². The van der Waals surface area contributed by atoms with Gasteiger partial charge in [0.2, 0.25) is 5.95 Å². The maximum absolute atomic E-state index is 4.85. The van der Waals surface area contributed by atoms with Crippen LogP contribution in [0.15, 0.2) is 84.9 Å². The van der Waals surface area contributed by atoms with Crippen LogP contribution in [0.3, 0.4) is 0 Å². The van der Waals surface area contributed by atoms with Gasteiger partial charge in [0.15, 0.2) is 0 Å². The van der Waals surface area contributed by atoms with Crippen LogP contribution in [0.2, 0.25) is 0 Å². The predicted molar refractivity (Wildman–Crippen MR) is 95.6 cm³/mol. The van der Waals surface area contributed by atoms with Gasteiger partial charge in [-0.05, 0) is 36.4 Å². The summed E-state index contributed by atoms with van der Waals surface area (Å²) in [5.74, 6) is 0.906. The Bertz CT molecular complexity index is 927. The monoisotopic (exact) mass is 299 g/mol. The van der Waals surface area contributed by atoms with Crippen LogP contribution < -0.4 is 4.90 Å². The Morgan fingerprint density at radius 1 is 0.739 bits per heavy atom. The minimum atomic E-state index is 0.906. The van der Waals surface area contributed by atoms with E-state index in [-0.39, 0.29) is 0 Å². The first-order valence-corrected chi connectivity index (χ1v) is 7.66. The second-order valence-electron chi connectivity index (χ2n) is 5.47. The number of imidazole rings is 1. The van der Waals surface area contributed by atoms with Gasteiger partial charge in [0.05, 0.1) is 11.0 Å². The van der Waals surface area contributed by atoms with Gasteiger partial charge in [-0.1, -0.05) is 48.5 Å². The lowest BCUT2D eigenvalue weighted by molar-refractivity contribution is 1.01. The topological polar surface area (TPSA) is 21.1 Å². The molecule has 0 unspecified atom stereocenters. The molecule has 0 saturated heterocycles. The first kappa shape index (κ1) is 13.6. The molecule has 0 aliphatic heterocycles. The summed E-state index contributed by atoms with van der Waals surface area (Å²) in [4.78, 5) is 6.97. The van der Waals surface area contributed by atoms with Crippen molar-refractivity contribution in [1.82, 2.24) is 9.55 Å². The molecule has 0 saturated carbocycles. The minimum Gasteiger partial charge on any atom is -0.315 e. The van der Waals surface area contributed by atoms with Crippen LogP contribution in [-0.2, 0) is 0 Å². The lowest BCUT2D eigenvalue weighted by Crippen LogP contribution is -2.14. The summed E-state index contributed by atoms with van der Waals surface area (Å²) >= 11 is 0. The molecule has 3 aromatic carbocycles. The highest BCUT2D eigenvalue weighted by molar-refractivity contribution is 5.82. The molecule has 0 radical (unpaired) electrons. The standard InChI is InChI=1S/C20H17N3/c1-22(16-10-4-2-5-11-16)20-21-18-14-8-9-15-19(18)23(20)17-12-6-3-7-13-17/h2-15H,1H3. The molecular formula is C20H17N3. The quantitative estimate of drug-likeness (QED) is 0.542. The number of fused-ring (bicyclic) bond motifs is 1. The van der Waals surface area contributed by atoms with Gasteiger partial charge in [0.25, 0.3) is 0 Å². The molecule has 0 fully saturated rings. The van der Waals surface area contributed by atoms with Crippen LogP contribution in [0, 0.1) is 0 Å². The molecule has 4 rings (SSSR count).